The SMILES string of the molecule is Cc1nn(C)c2c1nc(N)n2CCOC1CCCC1. The van der Waals surface area contributed by atoms with Gasteiger partial charge in [0.05, 0.1) is 24.9 Å². The Hall–Kier alpha value is -1.56. The summed E-state index contributed by atoms with van der Waals surface area (Å²) >= 11 is 0. The first-order valence-electron chi connectivity index (χ1n) is 6.93. The minimum atomic E-state index is 0.438. The lowest BCUT2D eigenvalue weighted by atomic mass is 10.3. The summed E-state index contributed by atoms with van der Waals surface area (Å²) < 4.78 is 9.72. The normalized spacial score (nSPS) is 16.7. The van der Waals surface area contributed by atoms with Crippen molar-refractivity contribution in [2.24, 2.45) is 7.05 Å². The van der Waals surface area contributed by atoms with Crippen molar-refractivity contribution in [3.05, 3.63) is 5.69 Å². The van der Waals surface area contributed by atoms with E-state index in [0.717, 1.165) is 23.4 Å². The zero-order chi connectivity index (χ0) is 13.4. The number of aryl methyl sites for hydroxylation is 2. The van der Waals surface area contributed by atoms with Crippen LogP contribution in [0, 0.1) is 6.92 Å². The number of ether oxygens (including phenoxy) is 1. The van der Waals surface area contributed by atoms with Gasteiger partial charge in [0, 0.05) is 7.05 Å². The highest BCUT2D eigenvalue weighted by Crippen LogP contribution is 2.22. The summed E-state index contributed by atoms with van der Waals surface area (Å²) in [5, 5.41) is 4.37. The maximum absolute atomic E-state index is 5.98. The number of nitrogens with zero attached hydrogens (tertiary/aromatic N) is 4. The summed E-state index contributed by atoms with van der Waals surface area (Å²) in [6.07, 6.45) is 5.42. The van der Waals surface area contributed by atoms with Gasteiger partial charge in [-0.1, -0.05) is 12.8 Å². The maximum atomic E-state index is 5.98. The predicted octanol–water partition coefficient (Wildman–Crippen LogP) is 1.62. The number of nitrogens with two attached hydrogens (primary N) is 1. The molecule has 6 nitrogen and oxygen atoms in total. The van der Waals surface area contributed by atoms with E-state index in [1.165, 1.54) is 25.7 Å². The van der Waals surface area contributed by atoms with Gasteiger partial charge in [0.1, 0.15) is 5.52 Å². The number of hydrogen-bond acceptors (Lipinski definition) is 4. The number of imidazole rings is 1. The third-order valence-electron chi connectivity index (χ3n) is 3.89. The third-order valence-corrected chi connectivity index (χ3v) is 3.89. The summed E-state index contributed by atoms with van der Waals surface area (Å²) in [6, 6.07) is 0. The molecule has 1 saturated carbocycles. The van der Waals surface area contributed by atoms with Crippen LogP contribution in [0.25, 0.3) is 11.2 Å². The van der Waals surface area contributed by atoms with Gasteiger partial charge in [0.15, 0.2) is 5.65 Å². The Morgan fingerprint density at radius 2 is 2.11 bits per heavy atom. The first-order chi connectivity index (χ1) is 9.16. The van der Waals surface area contributed by atoms with Crippen molar-refractivity contribution >= 4 is 17.1 Å². The highest BCUT2D eigenvalue weighted by Gasteiger charge is 2.17. The molecule has 0 unspecified atom stereocenters. The molecule has 1 fully saturated rings. The highest BCUT2D eigenvalue weighted by molar-refractivity contribution is 5.77. The van der Waals surface area contributed by atoms with E-state index in [4.69, 9.17) is 10.5 Å². The number of hydrogen-bond donors (Lipinski definition) is 1. The molecule has 2 N–H and O–H groups in total. The van der Waals surface area contributed by atoms with E-state index >= 15 is 0 Å². The van der Waals surface area contributed by atoms with Gasteiger partial charge < -0.3 is 10.5 Å². The fourth-order valence-corrected chi connectivity index (χ4v) is 2.94. The van der Waals surface area contributed by atoms with Crippen molar-refractivity contribution in [1.82, 2.24) is 19.3 Å². The average molecular weight is 263 g/mol. The van der Waals surface area contributed by atoms with Gasteiger partial charge in [-0.25, -0.2) is 4.98 Å². The van der Waals surface area contributed by atoms with Crippen molar-refractivity contribution in [1.29, 1.82) is 0 Å². The lowest BCUT2D eigenvalue weighted by Gasteiger charge is -2.12. The largest absolute Gasteiger partial charge is 0.376 e. The Kier molecular flexibility index (Phi) is 3.18. The Bertz CT molecular complexity index is 579. The molecule has 1 aliphatic carbocycles. The zero-order valence-corrected chi connectivity index (χ0v) is 11.6. The van der Waals surface area contributed by atoms with E-state index in [-0.39, 0.29) is 0 Å². The molecule has 0 spiro atoms. The molecule has 0 radical (unpaired) electrons. The molecule has 19 heavy (non-hydrogen) atoms. The maximum Gasteiger partial charge on any atom is 0.202 e. The van der Waals surface area contributed by atoms with Crippen molar-refractivity contribution in [3.63, 3.8) is 0 Å². The molecular formula is C13H21N5O. The van der Waals surface area contributed by atoms with Crippen molar-refractivity contribution in [3.8, 4) is 0 Å². The van der Waals surface area contributed by atoms with E-state index in [0.29, 0.717) is 18.7 Å². The fourth-order valence-electron chi connectivity index (χ4n) is 2.94. The van der Waals surface area contributed by atoms with Crippen LogP contribution in [0.15, 0.2) is 0 Å². The molecule has 0 atom stereocenters. The van der Waals surface area contributed by atoms with Gasteiger partial charge >= 0.3 is 0 Å². The summed E-state index contributed by atoms with van der Waals surface area (Å²) in [5.74, 6) is 0.543. The molecule has 0 amide bonds. The first-order valence-corrected chi connectivity index (χ1v) is 6.93. The summed E-state index contributed by atoms with van der Waals surface area (Å²) in [6.45, 7) is 3.37. The Morgan fingerprint density at radius 1 is 1.37 bits per heavy atom. The average Bonchev–Trinajstić information content (AvgIpc) is 3.03. The number of rotatable bonds is 4. The second-order valence-corrected chi connectivity index (χ2v) is 5.28. The van der Waals surface area contributed by atoms with Gasteiger partial charge in [-0.05, 0) is 19.8 Å². The monoisotopic (exact) mass is 263 g/mol. The molecule has 0 bridgehead atoms. The molecule has 2 heterocycles. The number of aromatic nitrogens is 4. The highest BCUT2D eigenvalue weighted by atomic mass is 16.5. The Morgan fingerprint density at radius 3 is 2.84 bits per heavy atom. The van der Waals surface area contributed by atoms with E-state index < -0.39 is 0 Å². The number of nitrogen functional groups attached to an aromatic ring is 1. The van der Waals surface area contributed by atoms with E-state index in [9.17, 15) is 0 Å². The first kappa shape index (κ1) is 12.5. The van der Waals surface area contributed by atoms with Crippen molar-refractivity contribution in [2.45, 2.75) is 45.3 Å². The molecular weight excluding hydrogens is 242 g/mol. The lowest BCUT2D eigenvalue weighted by Crippen LogP contribution is -2.15. The Balaban J connectivity index is 1.74. The second kappa shape index (κ2) is 4.85. The topological polar surface area (TPSA) is 70.9 Å². The minimum Gasteiger partial charge on any atom is -0.376 e. The molecule has 0 aliphatic heterocycles. The van der Waals surface area contributed by atoms with Gasteiger partial charge in [0.2, 0.25) is 5.95 Å². The predicted molar refractivity (Wildman–Crippen MR) is 73.9 cm³/mol. The third kappa shape index (κ3) is 2.20. The van der Waals surface area contributed by atoms with Crippen LogP contribution < -0.4 is 5.73 Å². The van der Waals surface area contributed by atoms with Crippen LogP contribution in [0.5, 0.6) is 0 Å². The van der Waals surface area contributed by atoms with Gasteiger partial charge in [0.25, 0.3) is 0 Å². The van der Waals surface area contributed by atoms with Crippen LogP contribution in [-0.4, -0.2) is 32.0 Å². The van der Waals surface area contributed by atoms with E-state index in [1.54, 1.807) is 0 Å². The molecule has 104 valence electrons. The van der Waals surface area contributed by atoms with E-state index in [2.05, 4.69) is 10.1 Å². The molecule has 0 saturated heterocycles. The summed E-state index contributed by atoms with van der Waals surface area (Å²) in [5.41, 5.74) is 8.77. The molecule has 6 heteroatoms. The summed E-state index contributed by atoms with van der Waals surface area (Å²) in [7, 11) is 1.92. The quantitative estimate of drug-likeness (QED) is 0.910. The fraction of sp³-hybridized carbons (Fsp3) is 0.692. The van der Waals surface area contributed by atoms with Crippen LogP contribution in [0.2, 0.25) is 0 Å². The molecule has 2 aromatic heterocycles. The van der Waals surface area contributed by atoms with Gasteiger partial charge in [-0.15, -0.1) is 0 Å². The van der Waals surface area contributed by atoms with Crippen LogP contribution in [0.3, 0.4) is 0 Å². The minimum absolute atomic E-state index is 0.438. The smallest absolute Gasteiger partial charge is 0.202 e. The number of anilines is 1. The van der Waals surface area contributed by atoms with Crippen LogP contribution in [-0.2, 0) is 18.3 Å². The van der Waals surface area contributed by atoms with Crippen LogP contribution in [0.1, 0.15) is 31.4 Å². The second-order valence-electron chi connectivity index (χ2n) is 5.28. The van der Waals surface area contributed by atoms with Crippen molar-refractivity contribution in [2.75, 3.05) is 12.3 Å². The lowest BCUT2D eigenvalue weighted by molar-refractivity contribution is 0.0536. The van der Waals surface area contributed by atoms with E-state index in [1.807, 2.05) is 23.2 Å². The van der Waals surface area contributed by atoms with Gasteiger partial charge in [-0.3, -0.25) is 9.25 Å². The molecule has 0 aromatic carbocycles. The van der Waals surface area contributed by atoms with Gasteiger partial charge in [-0.2, -0.15) is 5.10 Å². The van der Waals surface area contributed by atoms with Crippen LogP contribution >= 0.6 is 0 Å². The molecule has 1 aliphatic rings. The molecule has 3 rings (SSSR count). The van der Waals surface area contributed by atoms with Crippen LogP contribution in [0.4, 0.5) is 5.95 Å². The van der Waals surface area contributed by atoms with Crippen molar-refractivity contribution < 1.29 is 4.74 Å². The standard InChI is InChI=1S/C13H21N5O/c1-9-11-12(17(2)16-9)18(13(14)15-11)7-8-19-10-5-3-4-6-10/h10H,3-8H2,1-2H3,(H2,14,15). The number of fused-ring (bicyclic) bond motifs is 1. The molecule has 2 aromatic rings. The zero-order valence-electron chi connectivity index (χ0n) is 11.6. The summed E-state index contributed by atoms with van der Waals surface area (Å²) in [4.78, 5) is 4.39. The Labute approximate surface area is 112 Å².